The largest absolute Gasteiger partial charge is 0.487 e. The van der Waals surface area contributed by atoms with Gasteiger partial charge in [-0.3, -0.25) is 4.68 Å². The maximum absolute atomic E-state index is 5.99. The summed E-state index contributed by atoms with van der Waals surface area (Å²) in [6.07, 6.45) is 0. The minimum absolute atomic E-state index is 0.469. The molecule has 1 aromatic heterocycles. The van der Waals surface area contributed by atoms with Crippen molar-refractivity contribution in [2.75, 3.05) is 0 Å². The van der Waals surface area contributed by atoms with Crippen LogP contribution in [0.3, 0.4) is 0 Å². The van der Waals surface area contributed by atoms with E-state index in [-0.39, 0.29) is 0 Å². The van der Waals surface area contributed by atoms with E-state index in [1.165, 1.54) is 0 Å². The predicted molar refractivity (Wildman–Crippen MR) is 80.9 cm³/mol. The highest BCUT2D eigenvalue weighted by Crippen LogP contribution is 2.26. The fourth-order valence-electron chi connectivity index (χ4n) is 1.88. The molecule has 0 saturated heterocycles. The van der Waals surface area contributed by atoms with Crippen LogP contribution in [-0.2, 0) is 13.2 Å². The van der Waals surface area contributed by atoms with Crippen LogP contribution in [-0.4, -0.2) is 9.78 Å². The van der Waals surface area contributed by atoms with Gasteiger partial charge in [0.05, 0.1) is 15.9 Å². The minimum Gasteiger partial charge on any atom is -0.487 e. The van der Waals surface area contributed by atoms with Crippen LogP contribution in [0.5, 0.6) is 5.75 Å². The standard InChI is InChI=1S/C14H16BrClN2O/c1-4-18-12(14(15)10(3)17-18)8-19-13-7-11(16)6-5-9(13)2/h5-7H,4,8H2,1-3H3. The molecule has 0 saturated carbocycles. The zero-order valence-electron chi connectivity index (χ0n) is 11.2. The molecule has 0 N–H and O–H groups in total. The van der Waals surface area contributed by atoms with E-state index in [2.05, 4.69) is 28.0 Å². The highest BCUT2D eigenvalue weighted by molar-refractivity contribution is 9.10. The van der Waals surface area contributed by atoms with Gasteiger partial charge in [0.1, 0.15) is 12.4 Å². The lowest BCUT2D eigenvalue weighted by molar-refractivity contribution is 0.290. The second-order valence-electron chi connectivity index (χ2n) is 4.36. The third-order valence-corrected chi connectivity index (χ3v) is 4.23. The number of hydrogen-bond donors (Lipinski definition) is 0. The number of hydrogen-bond acceptors (Lipinski definition) is 2. The molecule has 5 heteroatoms. The number of rotatable bonds is 4. The molecule has 0 aliphatic carbocycles. The molecule has 0 atom stereocenters. The Kier molecular flexibility index (Phi) is 4.53. The van der Waals surface area contributed by atoms with E-state index in [1.807, 2.05) is 36.7 Å². The van der Waals surface area contributed by atoms with Crippen molar-refractivity contribution in [3.05, 3.63) is 44.6 Å². The van der Waals surface area contributed by atoms with Crippen molar-refractivity contribution in [1.29, 1.82) is 0 Å². The smallest absolute Gasteiger partial charge is 0.131 e. The molecular weight excluding hydrogens is 328 g/mol. The molecule has 0 aliphatic rings. The molecule has 0 fully saturated rings. The van der Waals surface area contributed by atoms with E-state index < -0.39 is 0 Å². The number of benzene rings is 1. The van der Waals surface area contributed by atoms with Crippen molar-refractivity contribution in [2.24, 2.45) is 0 Å². The van der Waals surface area contributed by atoms with Crippen LogP contribution in [0.2, 0.25) is 5.02 Å². The van der Waals surface area contributed by atoms with Crippen LogP contribution in [0, 0.1) is 13.8 Å². The van der Waals surface area contributed by atoms with E-state index in [0.717, 1.165) is 33.7 Å². The Balaban J connectivity index is 2.21. The average Bonchev–Trinajstić information content (AvgIpc) is 2.66. The number of aromatic nitrogens is 2. The van der Waals surface area contributed by atoms with Crippen LogP contribution in [0.15, 0.2) is 22.7 Å². The van der Waals surface area contributed by atoms with E-state index in [0.29, 0.717) is 11.6 Å². The van der Waals surface area contributed by atoms with Gasteiger partial charge in [-0.25, -0.2) is 0 Å². The van der Waals surface area contributed by atoms with Gasteiger partial charge in [0, 0.05) is 11.6 Å². The first-order valence-corrected chi connectivity index (χ1v) is 7.30. The van der Waals surface area contributed by atoms with Gasteiger partial charge in [-0.2, -0.15) is 5.10 Å². The highest BCUT2D eigenvalue weighted by atomic mass is 79.9. The summed E-state index contributed by atoms with van der Waals surface area (Å²) in [6.45, 7) is 7.33. The lowest BCUT2D eigenvalue weighted by atomic mass is 10.2. The van der Waals surface area contributed by atoms with E-state index in [1.54, 1.807) is 0 Å². The van der Waals surface area contributed by atoms with Crippen molar-refractivity contribution >= 4 is 27.5 Å². The van der Waals surface area contributed by atoms with Crippen LogP contribution in [0.25, 0.3) is 0 Å². The molecule has 0 aliphatic heterocycles. The molecule has 0 unspecified atom stereocenters. The average molecular weight is 344 g/mol. The van der Waals surface area contributed by atoms with Crippen LogP contribution < -0.4 is 4.74 Å². The molecule has 0 spiro atoms. The van der Waals surface area contributed by atoms with E-state index >= 15 is 0 Å². The summed E-state index contributed by atoms with van der Waals surface area (Å²) in [7, 11) is 0. The van der Waals surface area contributed by atoms with Gasteiger partial charge < -0.3 is 4.74 Å². The summed E-state index contributed by atoms with van der Waals surface area (Å²) >= 11 is 9.54. The monoisotopic (exact) mass is 342 g/mol. The fourth-order valence-corrected chi connectivity index (χ4v) is 2.44. The topological polar surface area (TPSA) is 27.1 Å². The van der Waals surface area contributed by atoms with E-state index in [4.69, 9.17) is 16.3 Å². The highest BCUT2D eigenvalue weighted by Gasteiger charge is 2.13. The lowest BCUT2D eigenvalue weighted by Gasteiger charge is -2.11. The Hall–Kier alpha value is -1.00. The van der Waals surface area contributed by atoms with Gasteiger partial charge in [0.2, 0.25) is 0 Å². The Bertz CT molecular complexity index is 595. The fraction of sp³-hybridized carbons (Fsp3) is 0.357. The first kappa shape index (κ1) is 14.4. The third-order valence-electron chi connectivity index (χ3n) is 2.97. The molecule has 3 nitrogen and oxygen atoms in total. The second kappa shape index (κ2) is 5.97. The van der Waals surface area contributed by atoms with E-state index in [9.17, 15) is 0 Å². The van der Waals surface area contributed by atoms with Gasteiger partial charge in [-0.15, -0.1) is 0 Å². The second-order valence-corrected chi connectivity index (χ2v) is 5.59. The molecule has 0 amide bonds. The third kappa shape index (κ3) is 3.12. The van der Waals surface area contributed by atoms with Gasteiger partial charge in [-0.05, 0) is 54.4 Å². The molecule has 102 valence electrons. The quantitative estimate of drug-likeness (QED) is 0.816. The first-order valence-electron chi connectivity index (χ1n) is 6.13. The summed E-state index contributed by atoms with van der Waals surface area (Å²) in [5, 5.41) is 5.13. The zero-order chi connectivity index (χ0) is 14.0. The van der Waals surface area contributed by atoms with Gasteiger partial charge in [0.15, 0.2) is 0 Å². The molecule has 1 aromatic carbocycles. The van der Waals surface area contributed by atoms with Crippen molar-refractivity contribution in [1.82, 2.24) is 9.78 Å². The van der Waals surface area contributed by atoms with Gasteiger partial charge in [0.25, 0.3) is 0 Å². The van der Waals surface area contributed by atoms with Crippen molar-refractivity contribution < 1.29 is 4.74 Å². The van der Waals surface area contributed by atoms with Crippen molar-refractivity contribution in [3.63, 3.8) is 0 Å². The van der Waals surface area contributed by atoms with Crippen LogP contribution in [0.4, 0.5) is 0 Å². The Labute approximate surface area is 126 Å². The van der Waals surface area contributed by atoms with Crippen molar-refractivity contribution in [2.45, 2.75) is 33.9 Å². The van der Waals surface area contributed by atoms with Crippen LogP contribution >= 0.6 is 27.5 Å². The number of aryl methyl sites for hydroxylation is 3. The maximum Gasteiger partial charge on any atom is 0.131 e. The molecule has 0 radical (unpaired) electrons. The summed E-state index contributed by atoms with van der Waals surface area (Å²) in [5.74, 6) is 0.806. The molecule has 2 rings (SSSR count). The SMILES string of the molecule is CCn1nc(C)c(Br)c1COc1cc(Cl)ccc1C. The predicted octanol–water partition coefficient (Wildman–Crippen LogP) is 4.51. The number of ether oxygens (including phenoxy) is 1. The summed E-state index contributed by atoms with van der Waals surface area (Å²) in [4.78, 5) is 0. The van der Waals surface area contributed by atoms with Crippen molar-refractivity contribution in [3.8, 4) is 5.75 Å². The minimum atomic E-state index is 0.469. The molecular formula is C14H16BrClN2O. The molecule has 19 heavy (non-hydrogen) atoms. The van der Waals surface area contributed by atoms with Gasteiger partial charge >= 0.3 is 0 Å². The summed E-state index contributed by atoms with van der Waals surface area (Å²) < 4.78 is 8.82. The Morgan fingerprint density at radius 1 is 1.37 bits per heavy atom. The maximum atomic E-state index is 5.99. The summed E-state index contributed by atoms with van der Waals surface area (Å²) in [5.41, 5.74) is 3.09. The first-order chi connectivity index (χ1) is 9.02. The summed E-state index contributed by atoms with van der Waals surface area (Å²) in [6, 6.07) is 5.65. The normalized spacial score (nSPS) is 10.8. The van der Waals surface area contributed by atoms with Crippen LogP contribution in [0.1, 0.15) is 23.9 Å². The Morgan fingerprint density at radius 3 is 2.79 bits per heavy atom. The molecule has 0 bridgehead atoms. The number of nitrogens with zero attached hydrogens (tertiary/aromatic N) is 2. The number of halogens is 2. The Morgan fingerprint density at radius 2 is 2.11 bits per heavy atom. The lowest BCUT2D eigenvalue weighted by Crippen LogP contribution is -2.07. The molecule has 1 heterocycles. The molecule has 2 aromatic rings. The van der Waals surface area contributed by atoms with Gasteiger partial charge in [-0.1, -0.05) is 17.7 Å². The zero-order valence-corrected chi connectivity index (χ0v) is 13.5.